The first kappa shape index (κ1) is 13.1. The van der Waals surface area contributed by atoms with Crippen molar-refractivity contribution in [2.24, 2.45) is 0 Å². The fourth-order valence-corrected chi connectivity index (χ4v) is 0.911. The summed E-state index contributed by atoms with van der Waals surface area (Å²) in [6.07, 6.45) is -1.32. The first-order valence-corrected chi connectivity index (χ1v) is 3.69. The normalized spacial score (nSPS) is 11.7. The summed E-state index contributed by atoms with van der Waals surface area (Å²) >= 11 is 0. The van der Waals surface area contributed by atoms with E-state index < -0.39 is 29.1 Å². The van der Waals surface area contributed by atoms with Crippen LogP contribution in [0.25, 0.3) is 0 Å². The molecule has 0 aromatic heterocycles. The van der Waals surface area contributed by atoms with Gasteiger partial charge in [0.1, 0.15) is 17.7 Å². The third kappa shape index (κ3) is 2.82. The fourth-order valence-electron chi connectivity index (χ4n) is 0.911. The molecule has 78 valence electrons. The van der Waals surface area contributed by atoms with Crippen LogP contribution in [0.3, 0.4) is 0 Å². The number of hydrogen-bond donors (Lipinski definition) is 1. The zero-order valence-electron chi connectivity index (χ0n) is 7.63. The number of carbonyl (C=O) groups is 1. The van der Waals surface area contributed by atoms with Gasteiger partial charge in [-0.05, 0) is 25.1 Å². The molecule has 1 aromatic carbocycles. The minimum atomic E-state index is -1.32. The maximum absolute atomic E-state index is 12.9. The molecule has 1 rings (SSSR count). The van der Waals surface area contributed by atoms with Gasteiger partial charge in [0.05, 0.1) is 5.56 Å². The molecule has 1 aromatic rings. The molecule has 1 unspecified atom stereocenters. The lowest BCUT2D eigenvalue weighted by Gasteiger charge is -2.04. The summed E-state index contributed by atoms with van der Waals surface area (Å²) in [6, 6.07) is 2.53. The van der Waals surface area contributed by atoms with Gasteiger partial charge in [0.25, 0.3) is 0 Å². The Morgan fingerprint density at radius 1 is 1.43 bits per heavy atom. The molecule has 0 aliphatic heterocycles. The Morgan fingerprint density at radius 2 is 2.00 bits per heavy atom. The van der Waals surface area contributed by atoms with Crippen molar-refractivity contribution in [2.75, 3.05) is 0 Å². The highest BCUT2D eigenvalue weighted by atomic mass is 31.0. The van der Waals surface area contributed by atoms with E-state index in [1.807, 2.05) is 0 Å². The zero-order valence-corrected chi connectivity index (χ0v) is 9.04. The number of Topliss-reactive ketones (excluding diaryl/α,β-unsaturated/α-hetero) is 1. The smallest absolute Gasteiger partial charge is 0.194 e. The molecule has 2 atom stereocenters. The van der Waals surface area contributed by atoms with Crippen LogP contribution in [0.2, 0.25) is 0 Å². The van der Waals surface area contributed by atoms with Crippen molar-refractivity contribution in [1.29, 1.82) is 0 Å². The molecule has 14 heavy (non-hydrogen) atoms. The van der Waals surface area contributed by atoms with Gasteiger partial charge in [-0.3, -0.25) is 4.79 Å². The molecular formula is C9H11F2O2P. The van der Waals surface area contributed by atoms with Gasteiger partial charge in [0, 0.05) is 0 Å². The van der Waals surface area contributed by atoms with Gasteiger partial charge in [0.15, 0.2) is 5.78 Å². The third-order valence-corrected chi connectivity index (χ3v) is 1.57. The van der Waals surface area contributed by atoms with Gasteiger partial charge in [-0.2, -0.15) is 9.90 Å². The Morgan fingerprint density at radius 3 is 2.50 bits per heavy atom. The molecule has 0 fully saturated rings. The third-order valence-electron chi connectivity index (χ3n) is 1.57. The van der Waals surface area contributed by atoms with E-state index in [2.05, 4.69) is 0 Å². The van der Waals surface area contributed by atoms with Crippen LogP contribution in [0.15, 0.2) is 18.2 Å². The van der Waals surface area contributed by atoms with Crippen molar-refractivity contribution in [1.82, 2.24) is 0 Å². The maximum Gasteiger partial charge on any atom is 0.194 e. The highest BCUT2D eigenvalue weighted by Gasteiger charge is 2.16. The van der Waals surface area contributed by atoms with Gasteiger partial charge in [-0.15, -0.1) is 0 Å². The predicted octanol–water partition coefficient (Wildman–Crippen LogP) is 1.59. The second kappa shape index (κ2) is 5.13. The van der Waals surface area contributed by atoms with E-state index >= 15 is 0 Å². The minimum Gasteiger partial charge on any atom is -0.385 e. The average Bonchev–Trinajstić information content (AvgIpc) is 2.08. The number of carbonyl (C=O) groups excluding carboxylic acids is 1. The Kier molecular flexibility index (Phi) is 4.81. The van der Waals surface area contributed by atoms with E-state index in [4.69, 9.17) is 5.11 Å². The van der Waals surface area contributed by atoms with Crippen LogP contribution in [0.4, 0.5) is 8.78 Å². The monoisotopic (exact) mass is 220 g/mol. The van der Waals surface area contributed by atoms with Crippen LogP contribution in [-0.2, 0) is 0 Å². The van der Waals surface area contributed by atoms with Crippen LogP contribution in [0.5, 0.6) is 0 Å². The van der Waals surface area contributed by atoms with Crippen LogP contribution in [0.1, 0.15) is 17.3 Å². The van der Waals surface area contributed by atoms with Crippen LogP contribution >= 0.6 is 9.90 Å². The highest BCUT2D eigenvalue weighted by molar-refractivity contribution is 6.92. The molecule has 1 N–H and O–H groups in total. The molecule has 0 saturated heterocycles. The zero-order chi connectivity index (χ0) is 10.0. The summed E-state index contributed by atoms with van der Waals surface area (Å²) in [5, 5.41) is 8.85. The Bertz CT molecular complexity index is 340. The quantitative estimate of drug-likeness (QED) is 0.607. The molecule has 0 spiro atoms. The molecule has 0 amide bonds. The minimum absolute atomic E-state index is 0. The van der Waals surface area contributed by atoms with E-state index in [1.165, 1.54) is 6.92 Å². The lowest BCUT2D eigenvalue weighted by Crippen LogP contribution is -2.17. The summed E-state index contributed by atoms with van der Waals surface area (Å²) in [7, 11) is 0. The Labute approximate surface area is 83.6 Å². The van der Waals surface area contributed by atoms with Crippen molar-refractivity contribution in [3.63, 3.8) is 0 Å². The first-order chi connectivity index (χ1) is 6.02. The molecule has 0 bridgehead atoms. The van der Waals surface area contributed by atoms with E-state index in [-0.39, 0.29) is 9.90 Å². The van der Waals surface area contributed by atoms with Crippen molar-refractivity contribution in [3.8, 4) is 0 Å². The predicted molar refractivity (Wildman–Crippen MR) is 53.5 cm³/mol. The second-order valence-electron chi connectivity index (χ2n) is 2.66. The lowest BCUT2D eigenvalue weighted by atomic mass is 10.1. The molecule has 0 aliphatic rings. The van der Waals surface area contributed by atoms with Crippen LogP contribution in [-0.4, -0.2) is 17.0 Å². The molecule has 2 nitrogen and oxygen atoms in total. The van der Waals surface area contributed by atoms with E-state index in [9.17, 15) is 13.6 Å². The van der Waals surface area contributed by atoms with Gasteiger partial charge in [0.2, 0.25) is 0 Å². The summed E-state index contributed by atoms with van der Waals surface area (Å²) < 4.78 is 25.5. The van der Waals surface area contributed by atoms with Crippen molar-refractivity contribution >= 4 is 15.7 Å². The number of benzene rings is 1. The number of halogens is 2. The van der Waals surface area contributed by atoms with Crippen molar-refractivity contribution < 1.29 is 18.7 Å². The average molecular weight is 220 g/mol. The summed E-state index contributed by atoms with van der Waals surface area (Å²) in [5.74, 6) is -2.35. The van der Waals surface area contributed by atoms with Crippen molar-refractivity contribution in [3.05, 3.63) is 35.4 Å². The van der Waals surface area contributed by atoms with E-state index in [1.54, 1.807) is 0 Å². The topological polar surface area (TPSA) is 37.3 Å². The Hall–Kier alpha value is -0.860. The Balaban J connectivity index is 0.00000169. The standard InChI is InChI=1S/C9H8F2O2.H3P/c1-5(12)9(13)7-4-6(10)2-3-8(7)11;/h2-5,12H,1H3;1H3/t5-;/m1./s1. The molecule has 0 saturated carbocycles. The molecular weight excluding hydrogens is 209 g/mol. The summed E-state index contributed by atoms with van der Waals surface area (Å²) in [6.45, 7) is 1.20. The number of rotatable bonds is 2. The maximum atomic E-state index is 12.9. The summed E-state index contributed by atoms with van der Waals surface area (Å²) in [5.41, 5.74) is -0.421. The highest BCUT2D eigenvalue weighted by Crippen LogP contribution is 2.11. The lowest BCUT2D eigenvalue weighted by molar-refractivity contribution is 0.0774. The number of aliphatic hydroxyl groups is 1. The van der Waals surface area contributed by atoms with E-state index in [0.717, 1.165) is 18.2 Å². The largest absolute Gasteiger partial charge is 0.385 e. The van der Waals surface area contributed by atoms with Crippen LogP contribution in [0, 0.1) is 11.6 Å². The number of aliphatic hydroxyl groups excluding tert-OH is 1. The molecule has 0 aliphatic carbocycles. The van der Waals surface area contributed by atoms with Gasteiger partial charge in [-0.25, -0.2) is 8.78 Å². The van der Waals surface area contributed by atoms with Crippen molar-refractivity contribution in [2.45, 2.75) is 13.0 Å². The van der Waals surface area contributed by atoms with E-state index in [0.29, 0.717) is 0 Å². The second-order valence-corrected chi connectivity index (χ2v) is 2.66. The number of hydrogen-bond acceptors (Lipinski definition) is 2. The van der Waals surface area contributed by atoms with Gasteiger partial charge < -0.3 is 5.11 Å². The van der Waals surface area contributed by atoms with Gasteiger partial charge >= 0.3 is 0 Å². The summed E-state index contributed by atoms with van der Waals surface area (Å²) in [4.78, 5) is 11.1. The van der Waals surface area contributed by atoms with Gasteiger partial charge in [-0.1, -0.05) is 0 Å². The molecule has 5 heteroatoms. The number of ketones is 1. The SMILES string of the molecule is C[C@@H](O)C(=O)c1cc(F)ccc1F.P. The fraction of sp³-hybridized carbons (Fsp3) is 0.222. The molecule has 0 heterocycles. The first-order valence-electron chi connectivity index (χ1n) is 3.69. The van der Waals surface area contributed by atoms with Crippen LogP contribution < -0.4 is 0 Å². The molecule has 0 radical (unpaired) electrons.